The van der Waals surface area contributed by atoms with Crippen LogP contribution in [0.1, 0.15) is 25.0 Å². The van der Waals surface area contributed by atoms with Gasteiger partial charge in [0.1, 0.15) is 0 Å². The fourth-order valence-electron chi connectivity index (χ4n) is 1.31. The molecule has 0 amide bonds. The van der Waals surface area contributed by atoms with Crippen LogP contribution in [0, 0.1) is 0 Å². The van der Waals surface area contributed by atoms with Crippen LogP contribution in [0.25, 0.3) is 11.6 Å². The third-order valence-corrected chi connectivity index (χ3v) is 2.67. The first-order chi connectivity index (χ1) is 10.9. The number of carboxylic acids is 1. The largest absolute Gasteiger partial charge is 0.478 e. The van der Waals surface area contributed by atoms with Crippen molar-refractivity contribution in [3.05, 3.63) is 97.1 Å². The minimum Gasteiger partial charge on any atom is -0.478 e. The van der Waals surface area contributed by atoms with E-state index in [1.165, 1.54) is 18.1 Å². The molecular formula is C21H24O2. The van der Waals surface area contributed by atoms with Crippen molar-refractivity contribution in [1.29, 1.82) is 0 Å². The minimum atomic E-state index is -0.935. The van der Waals surface area contributed by atoms with Crippen LogP contribution in [0.2, 0.25) is 0 Å². The summed E-state index contributed by atoms with van der Waals surface area (Å²) >= 11 is 0. The Hall–Kier alpha value is -2.87. The zero-order valence-corrected chi connectivity index (χ0v) is 13.8. The molecule has 2 aromatic rings. The molecular weight excluding hydrogens is 284 g/mol. The van der Waals surface area contributed by atoms with Gasteiger partial charge in [-0.15, -0.1) is 0 Å². The van der Waals surface area contributed by atoms with E-state index in [4.69, 9.17) is 5.11 Å². The molecule has 0 radical (unpaired) electrons. The summed E-state index contributed by atoms with van der Waals surface area (Å²) in [6, 6.07) is 20.2. The number of aliphatic carboxylic acids is 1. The van der Waals surface area contributed by atoms with E-state index >= 15 is 0 Å². The summed E-state index contributed by atoms with van der Waals surface area (Å²) in [5.41, 5.74) is 3.69. The lowest BCUT2D eigenvalue weighted by molar-refractivity contribution is -0.132. The van der Waals surface area contributed by atoms with Gasteiger partial charge in [-0.1, -0.05) is 92.0 Å². The van der Waals surface area contributed by atoms with Crippen molar-refractivity contribution in [1.82, 2.24) is 0 Å². The molecule has 0 aliphatic heterocycles. The number of hydrogen-bond donors (Lipinski definition) is 1. The molecule has 0 heterocycles. The number of hydrogen-bond acceptors (Lipinski definition) is 1. The first kappa shape index (κ1) is 20.1. The molecule has 0 saturated heterocycles. The third kappa shape index (κ3) is 10.5. The maximum absolute atomic E-state index is 9.60. The van der Waals surface area contributed by atoms with Crippen LogP contribution in [-0.2, 0) is 4.79 Å². The molecule has 0 fully saturated rings. The summed E-state index contributed by atoms with van der Waals surface area (Å²) in [5, 5.41) is 7.89. The normalized spacial score (nSPS) is 8.43. The molecule has 0 aliphatic rings. The lowest BCUT2D eigenvalue weighted by Crippen LogP contribution is -1.92. The predicted octanol–water partition coefficient (Wildman–Crippen LogP) is 5.70. The molecule has 0 saturated carbocycles. The molecule has 1 N–H and O–H groups in total. The highest BCUT2D eigenvalue weighted by Crippen LogP contribution is 2.08. The van der Waals surface area contributed by atoms with Gasteiger partial charge < -0.3 is 5.11 Å². The Morgan fingerprint density at radius 1 is 0.913 bits per heavy atom. The molecule has 0 unspecified atom stereocenters. The predicted molar refractivity (Wildman–Crippen MR) is 100 cm³/mol. The van der Waals surface area contributed by atoms with Gasteiger partial charge in [0.25, 0.3) is 0 Å². The smallest absolute Gasteiger partial charge is 0.330 e. The quantitative estimate of drug-likeness (QED) is 0.739. The van der Waals surface area contributed by atoms with E-state index in [0.29, 0.717) is 0 Å². The second-order valence-electron chi connectivity index (χ2n) is 4.85. The highest BCUT2D eigenvalue weighted by molar-refractivity contribution is 5.84. The summed E-state index contributed by atoms with van der Waals surface area (Å²) in [7, 11) is 0. The van der Waals surface area contributed by atoms with Crippen molar-refractivity contribution in [2.45, 2.75) is 13.8 Å². The van der Waals surface area contributed by atoms with Crippen molar-refractivity contribution >= 4 is 17.6 Å². The lowest BCUT2D eigenvalue weighted by atomic mass is 10.1. The van der Waals surface area contributed by atoms with Crippen LogP contribution >= 0.6 is 0 Å². The molecule has 0 aliphatic carbocycles. The van der Waals surface area contributed by atoms with Crippen molar-refractivity contribution in [3.63, 3.8) is 0 Å². The molecule has 0 spiro atoms. The van der Waals surface area contributed by atoms with Crippen molar-refractivity contribution < 1.29 is 9.90 Å². The van der Waals surface area contributed by atoms with E-state index in [1.54, 1.807) is 0 Å². The van der Waals surface area contributed by atoms with E-state index in [9.17, 15) is 4.79 Å². The number of benzene rings is 2. The monoisotopic (exact) mass is 308 g/mol. The maximum Gasteiger partial charge on any atom is 0.330 e. The Balaban J connectivity index is 0.000000323. The van der Waals surface area contributed by atoms with E-state index in [2.05, 4.69) is 31.9 Å². The summed E-state index contributed by atoms with van der Waals surface area (Å²) < 4.78 is 0. The second kappa shape index (κ2) is 11.8. The molecule has 0 atom stereocenters. The van der Waals surface area contributed by atoms with E-state index in [0.717, 1.165) is 5.57 Å². The van der Waals surface area contributed by atoms with Crippen LogP contribution in [0.15, 0.2) is 86.0 Å². The maximum atomic E-state index is 9.60. The zero-order chi connectivity index (χ0) is 17.7. The van der Waals surface area contributed by atoms with Crippen LogP contribution in [0.3, 0.4) is 0 Å². The molecule has 0 bridgehead atoms. The van der Waals surface area contributed by atoms with Gasteiger partial charge in [0, 0.05) is 5.57 Å². The molecule has 2 heteroatoms. The number of carbonyl (C=O) groups is 1. The average molecular weight is 308 g/mol. The van der Waals surface area contributed by atoms with Gasteiger partial charge in [-0.25, -0.2) is 4.79 Å². The van der Waals surface area contributed by atoms with Crippen molar-refractivity contribution in [3.8, 4) is 0 Å². The minimum absolute atomic E-state index is 0.176. The van der Waals surface area contributed by atoms with Gasteiger partial charge >= 0.3 is 5.97 Å². The first-order valence-electron chi connectivity index (χ1n) is 7.15. The van der Waals surface area contributed by atoms with Gasteiger partial charge in [0.2, 0.25) is 0 Å². The summed E-state index contributed by atoms with van der Waals surface area (Å²) in [5.74, 6) is -0.935. The molecule has 2 rings (SSSR count). The Bertz CT molecular complexity index is 613. The summed E-state index contributed by atoms with van der Waals surface area (Å²) in [6.45, 7) is 14.1. The summed E-state index contributed by atoms with van der Waals surface area (Å²) in [6.07, 6.45) is 1.83. The summed E-state index contributed by atoms with van der Waals surface area (Å²) in [4.78, 5) is 9.60. The second-order valence-corrected chi connectivity index (χ2v) is 4.85. The van der Waals surface area contributed by atoms with Crippen molar-refractivity contribution in [2.24, 2.45) is 0 Å². The topological polar surface area (TPSA) is 37.3 Å². The lowest BCUT2D eigenvalue weighted by Gasteiger charge is -1.94. The van der Waals surface area contributed by atoms with Gasteiger partial charge in [0.05, 0.1) is 0 Å². The zero-order valence-electron chi connectivity index (χ0n) is 13.8. The van der Waals surface area contributed by atoms with Crippen LogP contribution in [0.4, 0.5) is 0 Å². The Kier molecular flexibility index (Phi) is 10.3. The number of allylic oxidation sites excluding steroid dienone is 1. The first-order valence-corrected chi connectivity index (χ1v) is 7.15. The highest BCUT2D eigenvalue weighted by Gasteiger charge is 1.90. The van der Waals surface area contributed by atoms with Gasteiger partial charge in [0.15, 0.2) is 0 Å². The standard InChI is InChI=1S/C9H10.C8H8.C4H6O2/c1-8(2)9-6-4-3-5-7-9;1-2-8-6-4-3-5-7-8;1-3(2)4(5)6/h3-7H,1H2,2H3;2-7H,1H2;1H2,2H3,(H,5,6). The average Bonchev–Trinajstić information content (AvgIpc) is 2.57. The Morgan fingerprint density at radius 3 is 1.52 bits per heavy atom. The van der Waals surface area contributed by atoms with E-state index < -0.39 is 5.97 Å². The Labute approximate surface area is 139 Å². The number of rotatable bonds is 3. The Morgan fingerprint density at radius 2 is 1.30 bits per heavy atom. The van der Waals surface area contributed by atoms with E-state index in [-0.39, 0.29) is 5.57 Å². The van der Waals surface area contributed by atoms with Crippen LogP contribution in [-0.4, -0.2) is 11.1 Å². The molecule has 120 valence electrons. The van der Waals surface area contributed by atoms with Crippen molar-refractivity contribution in [2.75, 3.05) is 0 Å². The fourth-order valence-corrected chi connectivity index (χ4v) is 1.31. The van der Waals surface area contributed by atoms with Crippen LogP contribution < -0.4 is 0 Å². The van der Waals surface area contributed by atoms with Gasteiger partial charge in [-0.2, -0.15) is 0 Å². The SMILES string of the molecule is C=C(C)C(=O)O.C=C(C)c1ccccc1.C=Cc1ccccc1. The molecule has 2 aromatic carbocycles. The molecule has 23 heavy (non-hydrogen) atoms. The molecule has 2 nitrogen and oxygen atoms in total. The highest BCUT2D eigenvalue weighted by atomic mass is 16.4. The van der Waals surface area contributed by atoms with Gasteiger partial charge in [-0.05, 0) is 25.0 Å². The van der Waals surface area contributed by atoms with Gasteiger partial charge in [-0.3, -0.25) is 0 Å². The third-order valence-electron chi connectivity index (χ3n) is 2.67. The fraction of sp³-hybridized carbons (Fsp3) is 0.0952. The number of carboxylic acid groups (broad SMARTS) is 1. The van der Waals surface area contributed by atoms with Crippen LogP contribution in [0.5, 0.6) is 0 Å². The molecule has 0 aromatic heterocycles. The van der Waals surface area contributed by atoms with E-state index in [1.807, 2.05) is 61.5 Å².